The zero-order valence-corrected chi connectivity index (χ0v) is 17.8. The van der Waals surface area contributed by atoms with Crippen molar-refractivity contribution in [3.8, 4) is 5.69 Å². The second-order valence-corrected chi connectivity index (χ2v) is 7.65. The minimum Gasteiger partial charge on any atom is -0.354 e. The first kappa shape index (κ1) is 20.8. The fourth-order valence-corrected chi connectivity index (χ4v) is 3.41. The Bertz CT molecular complexity index is 1080. The normalized spacial score (nSPS) is 12.3. The van der Waals surface area contributed by atoms with E-state index in [4.69, 9.17) is 0 Å². The molecule has 1 amide bonds. The van der Waals surface area contributed by atoms with Gasteiger partial charge in [-0.1, -0.05) is 24.6 Å². The van der Waals surface area contributed by atoms with Gasteiger partial charge in [-0.3, -0.25) is 9.59 Å². The van der Waals surface area contributed by atoms with E-state index in [1.807, 2.05) is 58.9 Å². The zero-order valence-electron chi connectivity index (χ0n) is 17.8. The maximum atomic E-state index is 13.0. The van der Waals surface area contributed by atoms with E-state index in [-0.39, 0.29) is 17.5 Å². The van der Waals surface area contributed by atoms with E-state index in [0.29, 0.717) is 24.9 Å². The molecular formula is C22H29N5O2. The summed E-state index contributed by atoms with van der Waals surface area (Å²) < 4.78 is 3.23. The van der Waals surface area contributed by atoms with Crippen LogP contribution >= 0.6 is 0 Å². The highest BCUT2D eigenvalue weighted by atomic mass is 16.1. The molecular weight excluding hydrogens is 366 g/mol. The summed E-state index contributed by atoms with van der Waals surface area (Å²) in [6.45, 7) is 10.3. The van der Waals surface area contributed by atoms with Gasteiger partial charge in [-0.05, 0) is 52.7 Å². The van der Waals surface area contributed by atoms with E-state index in [1.165, 1.54) is 10.2 Å². The summed E-state index contributed by atoms with van der Waals surface area (Å²) in [4.78, 5) is 24.9. The number of hydrogen-bond acceptors (Lipinski definition) is 4. The Hall–Kier alpha value is -2.96. The zero-order chi connectivity index (χ0) is 21.1. The second-order valence-electron chi connectivity index (χ2n) is 7.65. The number of rotatable bonds is 7. The average molecular weight is 396 g/mol. The summed E-state index contributed by atoms with van der Waals surface area (Å²) in [5, 5.41) is 12.8. The van der Waals surface area contributed by atoms with Crippen molar-refractivity contribution in [3.63, 3.8) is 0 Å². The highest BCUT2D eigenvalue weighted by molar-refractivity contribution is 5.83. The molecule has 0 bridgehead atoms. The van der Waals surface area contributed by atoms with Gasteiger partial charge in [0.1, 0.15) is 0 Å². The molecule has 1 atom stereocenters. The van der Waals surface area contributed by atoms with Crippen molar-refractivity contribution in [1.29, 1.82) is 0 Å². The van der Waals surface area contributed by atoms with Crippen LogP contribution < -0.4 is 10.9 Å². The monoisotopic (exact) mass is 395 g/mol. The van der Waals surface area contributed by atoms with Crippen molar-refractivity contribution in [2.75, 3.05) is 0 Å². The number of hydrogen-bond donors (Lipinski definition) is 1. The lowest BCUT2D eigenvalue weighted by Crippen LogP contribution is -2.32. The van der Waals surface area contributed by atoms with Gasteiger partial charge >= 0.3 is 0 Å². The van der Waals surface area contributed by atoms with Crippen LogP contribution in [0.15, 0.2) is 29.1 Å². The van der Waals surface area contributed by atoms with E-state index < -0.39 is 0 Å². The number of aryl methyl sites for hydroxylation is 4. The Balaban J connectivity index is 1.86. The van der Waals surface area contributed by atoms with Crippen molar-refractivity contribution in [2.45, 2.75) is 66.5 Å². The molecule has 0 radical (unpaired) electrons. The number of benzene rings is 1. The van der Waals surface area contributed by atoms with Crippen LogP contribution in [0.25, 0.3) is 16.6 Å². The molecule has 1 aromatic carbocycles. The summed E-state index contributed by atoms with van der Waals surface area (Å²) in [7, 11) is 0. The van der Waals surface area contributed by atoms with E-state index in [2.05, 4.69) is 15.5 Å². The fraction of sp³-hybridized carbons (Fsp3) is 0.455. The van der Waals surface area contributed by atoms with Crippen molar-refractivity contribution < 1.29 is 4.79 Å². The molecule has 0 fully saturated rings. The quantitative estimate of drug-likeness (QED) is 0.666. The molecule has 0 spiro atoms. The van der Waals surface area contributed by atoms with Crippen molar-refractivity contribution in [1.82, 2.24) is 24.9 Å². The van der Waals surface area contributed by atoms with Gasteiger partial charge in [0.25, 0.3) is 5.56 Å². The number of carbonyl (C=O) groups is 1. The van der Waals surface area contributed by atoms with Crippen LogP contribution in [0.4, 0.5) is 0 Å². The highest BCUT2D eigenvalue weighted by Crippen LogP contribution is 2.21. The number of nitrogens with one attached hydrogen (secondary N) is 1. The molecule has 29 heavy (non-hydrogen) atoms. The van der Waals surface area contributed by atoms with Crippen LogP contribution in [0.5, 0.6) is 0 Å². The maximum Gasteiger partial charge on any atom is 0.295 e. The molecule has 3 rings (SSSR count). The van der Waals surface area contributed by atoms with Crippen molar-refractivity contribution in [2.24, 2.45) is 0 Å². The summed E-state index contributed by atoms with van der Waals surface area (Å²) in [6.07, 6.45) is 1.82. The Morgan fingerprint density at radius 1 is 1.14 bits per heavy atom. The van der Waals surface area contributed by atoms with Gasteiger partial charge < -0.3 is 5.32 Å². The molecule has 0 saturated heterocycles. The molecule has 7 nitrogen and oxygen atoms in total. The fourth-order valence-electron chi connectivity index (χ4n) is 3.41. The second kappa shape index (κ2) is 8.59. The van der Waals surface area contributed by atoms with Gasteiger partial charge in [0.15, 0.2) is 5.52 Å². The maximum absolute atomic E-state index is 13.0. The molecule has 0 aliphatic rings. The van der Waals surface area contributed by atoms with Gasteiger partial charge in [0.2, 0.25) is 5.91 Å². The van der Waals surface area contributed by atoms with Crippen molar-refractivity contribution in [3.05, 3.63) is 51.6 Å². The standard InChI is InChI=1S/C22H29N5O2/c1-6-15(3)23-19(28)8-7-13-26-22(29)21-20(16(4)24-26)17(5)27(25-21)18-11-9-14(2)10-12-18/h9-12,15H,6-8,13H2,1-5H3,(H,23,28). The predicted molar refractivity (Wildman–Crippen MR) is 114 cm³/mol. The number of aromatic nitrogens is 4. The van der Waals surface area contributed by atoms with Gasteiger partial charge in [-0.2, -0.15) is 10.2 Å². The lowest BCUT2D eigenvalue weighted by Gasteiger charge is -2.11. The first-order valence-corrected chi connectivity index (χ1v) is 10.1. The highest BCUT2D eigenvalue weighted by Gasteiger charge is 2.17. The van der Waals surface area contributed by atoms with Crippen LogP contribution in [-0.2, 0) is 11.3 Å². The third kappa shape index (κ3) is 4.39. The van der Waals surface area contributed by atoms with Crippen LogP contribution in [0.3, 0.4) is 0 Å². The molecule has 0 saturated carbocycles. The Kier molecular flexibility index (Phi) is 6.15. The molecule has 0 aliphatic carbocycles. The van der Waals surface area contributed by atoms with Gasteiger partial charge in [-0.15, -0.1) is 0 Å². The minimum absolute atomic E-state index is 0.00434. The first-order valence-electron chi connectivity index (χ1n) is 10.1. The molecule has 154 valence electrons. The molecule has 1 unspecified atom stereocenters. The summed E-state index contributed by atoms with van der Waals surface area (Å²) in [5.74, 6) is 0.00434. The lowest BCUT2D eigenvalue weighted by molar-refractivity contribution is -0.121. The summed E-state index contributed by atoms with van der Waals surface area (Å²) in [6, 6.07) is 8.19. The van der Waals surface area contributed by atoms with Crippen LogP contribution in [0.2, 0.25) is 0 Å². The largest absolute Gasteiger partial charge is 0.354 e. The molecule has 2 heterocycles. The molecule has 0 aliphatic heterocycles. The van der Waals surface area contributed by atoms with Crippen molar-refractivity contribution >= 4 is 16.8 Å². The lowest BCUT2D eigenvalue weighted by atomic mass is 10.2. The van der Waals surface area contributed by atoms with E-state index in [0.717, 1.165) is 28.9 Å². The number of nitrogens with zero attached hydrogens (tertiary/aromatic N) is 4. The van der Waals surface area contributed by atoms with E-state index in [1.54, 1.807) is 4.68 Å². The molecule has 3 aromatic rings. The number of amides is 1. The van der Waals surface area contributed by atoms with Crippen LogP contribution in [-0.4, -0.2) is 31.5 Å². The van der Waals surface area contributed by atoms with Gasteiger partial charge in [-0.25, -0.2) is 9.36 Å². The van der Waals surface area contributed by atoms with Gasteiger partial charge in [0, 0.05) is 19.0 Å². The Morgan fingerprint density at radius 3 is 2.48 bits per heavy atom. The molecule has 7 heteroatoms. The predicted octanol–water partition coefficient (Wildman–Crippen LogP) is 3.20. The number of carbonyl (C=O) groups excluding carboxylic acids is 1. The molecule has 1 N–H and O–H groups in total. The summed E-state index contributed by atoms with van der Waals surface area (Å²) >= 11 is 0. The van der Waals surface area contributed by atoms with Crippen LogP contribution in [0.1, 0.15) is 50.1 Å². The SMILES string of the molecule is CCC(C)NC(=O)CCCn1nc(C)c2c(C)n(-c3ccc(C)cc3)nc2c1=O. The minimum atomic E-state index is -0.220. The molecule has 2 aromatic heterocycles. The number of fused-ring (bicyclic) bond motifs is 1. The van der Waals surface area contributed by atoms with Gasteiger partial charge in [0.05, 0.1) is 22.5 Å². The third-order valence-electron chi connectivity index (χ3n) is 5.26. The first-order chi connectivity index (χ1) is 13.8. The third-order valence-corrected chi connectivity index (χ3v) is 5.26. The average Bonchev–Trinajstić information content (AvgIpc) is 3.04. The summed E-state index contributed by atoms with van der Waals surface area (Å²) in [5.41, 5.74) is 3.93. The van der Waals surface area contributed by atoms with E-state index in [9.17, 15) is 9.59 Å². The van der Waals surface area contributed by atoms with E-state index >= 15 is 0 Å². The topological polar surface area (TPSA) is 81.8 Å². The Labute approximate surface area is 170 Å². The Morgan fingerprint density at radius 2 is 1.83 bits per heavy atom. The van der Waals surface area contributed by atoms with Crippen LogP contribution in [0, 0.1) is 20.8 Å². The smallest absolute Gasteiger partial charge is 0.295 e.